The molecule has 0 aliphatic heterocycles. The van der Waals surface area contributed by atoms with Gasteiger partial charge in [-0.3, -0.25) is 5.92 Å². The van der Waals surface area contributed by atoms with Crippen molar-refractivity contribution in [2.45, 2.75) is 34.1 Å². The van der Waals surface area contributed by atoms with Crippen molar-refractivity contribution in [3.8, 4) is 11.8 Å². The molecule has 0 aromatic heterocycles. The molecule has 0 rings (SSSR count). The number of hydrogen-bond donors (Lipinski definition) is 0. The van der Waals surface area contributed by atoms with E-state index in [1.165, 1.54) is 5.92 Å². The number of nitrogens with zero attached hydrogens (tertiary/aromatic N) is 1. The van der Waals surface area contributed by atoms with E-state index in [2.05, 4.69) is 58.5 Å². The van der Waals surface area contributed by atoms with Gasteiger partial charge in [0.15, 0.2) is 0 Å². The van der Waals surface area contributed by atoms with Crippen LogP contribution in [-0.4, -0.2) is 25.5 Å². The van der Waals surface area contributed by atoms with Gasteiger partial charge in [-0.1, -0.05) is 32.6 Å². The zero-order chi connectivity index (χ0) is 10.5. The maximum atomic E-state index is 3.24. The van der Waals surface area contributed by atoms with Gasteiger partial charge >= 0.3 is 0 Å². The Morgan fingerprint density at radius 1 is 1.21 bits per heavy atom. The number of hydrogen-bond acceptors (Lipinski definition) is 1. The van der Waals surface area contributed by atoms with Crippen molar-refractivity contribution in [3.63, 3.8) is 0 Å². The van der Waals surface area contributed by atoms with Gasteiger partial charge in [-0.25, -0.2) is 0 Å². The zero-order valence-corrected chi connectivity index (χ0v) is 12.1. The standard InChI is InChI=1S/C12H22N.Ho/c1-11(8-10-13(5)6)7-9-12(2,3)4;/h8,10H2,1-6H3;/q-1;. The van der Waals surface area contributed by atoms with Crippen LogP contribution in [0.5, 0.6) is 0 Å². The SMILES string of the molecule is C[C-](C#CC(C)(C)C)CCN(C)C.[Ho]. The van der Waals surface area contributed by atoms with Crippen LogP contribution in [-0.2, 0) is 0 Å². The zero-order valence-electron chi connectivity index (χ0n) is 10.2. The molecule has 0 unspecified atom stereocenters. The third-order valence-electron chi connectivity index (χ3n) is 1.58. The maximum absolute atomic E-state index is 3.24. The molecule has 0 N–H and O–H groups in total. The van der Waals surface area contributed by atoms with Gasteiger partial charge in [-0.05, 0) is 20.6 Å². The normalized spacial score (nSPS) is 10.2. The molecule has 0 amide bonds. The predicted molar refractivity (Wildman–Crippen MR) is 59.3 cm³/mol. The molecular weight excluding hydrogens is 323 g/mol. The average molecular weight is 345 g/mol. The Bertz CT molecular complexity index is 193. The molecule has 14 heavy (non-hydrogen) atoms. The van der Waals surface area contributed by atoms with E-state index < -0.39 is 0 Å². The van der Waals surface area contributed by atoms with Crippen LogP contribution in [0.2, 0.25) is 0 Å². The second kappa shape index (κ2) is 7.88. The maximum Gasteiger partial charge on any atom is 0 e. The Morgan fingerprint density at radius 2 is 1.71 bits per heavy atom. The van der Waals surface area contributed by atoms with E-state index in [4.69, 9.17) is 0 Å². The third kappa shape index (κ3) is 12.6. The number of rotatable bonds is 3. The summed E-state index contributed by atoms with van der Waals surface area (Å²) in [5.41, 5.74) is 0.124. The monoisotopic (exact) mass is 345 g/mol. The Kier molecular flexibility index (Phi) is 9.60. The van der Waals surface area contributed by atoms with Crippen molar-refractivity contribution < 1.29 is 37.7 Å². The molecule has 1 nitrogen and oxygen atoms in total. The van der Waals surface area contributed by atoms with Crippen LogP contribution in [0.15, 0.2) is 0 Å². The summed E-state index contributed by atoms with van der Waals surface area (Å²) >= 11 is 0. The molecule has 0 aliphatic rings. The van der Waals surface area contributed by atoms with E-state index in [9.17, 15) is 0 Å². The first-order chi connectivity index (χ1) is 5.81. The Hall–Kier alpha value is 0.650. The summed E-state index contributed by atoms with van der Waals surface area (Å²) in [5.74, 6) is 7.74. The minimum absolute atomic E-state index is 0. The molecule has 0 saturated carbocycles. The summed E-state index contributed by atoms with van der Waals surface area (Å²) in [6.07, 6.45) is 1.08. The van der Waals surface area contributed by atoms with Gasteiger partial charge in [0.1, 0.15) is 0 Å². The summed E-state index contributed by atoms with van der Waals surface area (Å²) < 4.78 is 0. The van der Waals surface area contributed by atoms with Crippen molar-refractivity contribution in [1.29, 1.82) is 0 Å². The molecule has 0 saturated heterocycles. The van der Waals surface area contributed by atoms with E-state index in [0.29, 0.717) is 0 Å². The van der Waals surface area contributed by atoms with Gasteiger partial charge in [-0.15, -0.1) is 6.92 Å². The minimum atomic E-state index is 0. The molecule has 87 valence electrons. The Balaban J connectivity index is 0. The van der Waals surface area contributed by atoms with Crippen LogP contribution < -0.4 is 0 Å². The molecule has 0 aliphatic carbocycles. The summed E-state index contributed by atoms with van der Waals surface area (Å²) in [6, 6.07) is 0. The fourth-order valence-electron chi connectivity index (χ4n) is 0.748. The largest absolute Gasteiger partial charge is 0.321 e. The van der Waals surface area contributed by atoms with Gasteiger partial charge in [0, 0.05) is 37.7 Å². The fraction of sp³-hybridized carbons (Fsp3) is 0.750. The van der Waals surface area contributed by atoms with Crippen LogP contribution in [0.1, 0.15) is 34.1 Å². The Morgan fingerprint density at radius 3 is 2.07 bits per heavy atom. The molecule has 0 aromatic carbocycles. The van der Waals surface area contributed by atoms with Gasteiger partial charge in [0.2, 0.25) is 0 Å². The van der Waals surface area contributed by atoms with Gasteiger partial charge in [-0.2, -0.15) is 5.92 Å². The van der Waals surface area contributed by atoms with E-state index in [1.54, 1.807) is 0 Å². The first kappa shape index (κ1) is 17.1. The van der Waals surface area contributed by atoms with Gasteiger partial charge in [0.05, 0.1) is 0 Å². The van der Waals surface area contributed by atoms with Crippen molar-refractivity contribution >= 4 is 0 Å². The van der Waals surface area contributed by atoms with E-state index in [0.717, 1.165) is 13.0 Å². The van der Waals surface area contributed by atoms with Crippen molar-refractivity contribution in [1.82, 2.24) is 4.90 Å². The second-order valence-corrected chi connectivity index (χ2v) is 4.83. The fourth-order valence-corrected chi connectivity index (χ4v) is 0.748. The van der Waals surface area contributed by atoms with Crippen molar-refractivity contribution in [3.05, 3.63) is 5.92 Å². The molecule has 0 aromatic rings. The average Bonchev–Trinajstić information content (AvgIpc) is 1.95. The van der Waals surface area contributed by atoms with Crippen molar-refractivity contribution in [2.24, 2.45) is 5.41 Å². The van der Waals surface area contributed by atoms with Crippen LogP contribution in [0.3, 0.4) is 0 Å². The topological polar surface area (TPSA) is 3.24 Å². The molecular formula is C12H22HoN-. The first-order valence-corrected chi connectivity index (χ1v) is 4.81. The first-order valence-electron chi connectivity index (χ1n) is 4.81. The summed E-state index contributed by atoms with van der Waals surface area (Å²) in [7, 11) is 4.18. The quantitative estimate of drug-likeness (QED) is 0.432. The van der Waals surface area contributed by atoms with Crippen molar-refractivity contribution in [2.75, 3.05) is 20.6 Å². The Labute approximate surface area is 120 Å². The van der Waals surface area contributed by atoms with Crippen LogP contribution in [0, 0.1) is 60.9 Å². The molecule has 0 bridgehead atoms. The van der Waals surface area contributed by atoms with Gasteiger partial charge in [0.25, 0.3) is 0 Å². The summed E-state index contributed by atoms with van der Waals surface area (Å²) in [6.45, 7) is 9.62. The predicted octanol–water partition coefficient (Wildman–Crippen LogP) is 2.58. The van der Waals surface area contributed by atoms with E-state index in [-0.39, 0.29) is 43.2 Å². The second-order valence-electron chi connectivity index (χ2n) is 4.83. The van der Waals surface area contributed by atoms with Crippen LogP contribution in [0.4, 0.5) is 0 Å². The minimum Gasteiger partial charge on any atom is -0.321 e. The molecule has 0 spiro atoms. The molecule has 1 radical (unpaired) electrons. The molecule has 0 fully saturated rings. The summed E-state index contributed by atoms with van der Waals surface area (Å²) in [5, 5.41) is 0. The molecule has 0 heterocycles. The van der Waals surface area contributed by atoms with Crippen LogP contribution in [0.25, 0.3) is 0 Å². The smallest absolute Gasteiger partial charge is 0 e. The molecule has 0 atom stereocenters. The summed E-state index contributed by atoms with van der Waals surface area (Å²) in [4.78, 5) is 2.18. The molecule has 2 heteroatoms. The van der Waals surface area contributed by atoms with Crippen LogP contribution >= 0.6 is 0 Å². The van der Waals surface area contributed by atoms with E-state index in [1.807, 2.05) is 0 Å². The van der Waals surface area contributed by atoms with E-state index >= 15 is 0 Å². The van der Waals surface area contributed by atoms with Gasteiger partial charge < -0.3 is 10.8 Å². The third-order valence-corrected chi connectivity index (χ3v) is 1.58.